The van der Waals surface area contributed by atoms with Crippen LogP contribution in [-0.4, -0.2) is 28.5 Å². The summed E-state index contributed by atoms with van der Waals surface area (Å²) in [6.07, 6.45) is 2.94. The van der Waals surface area contributed by atoms with Crippen LogP contribution in [-0.2, 0) is 0 Å². The molecule has 0 aliphatic heterocycles. The van der Waals surface area contributed by atoms with Gasteiger partial charge in [-0.25, -0.2) is 9.98 Å². The third-order valence-electron chi connectivity index (χ3n) is 2.34. The van der Waals surface area contributed by atoms with Crippen LogP contribution >= 0.6 is 0 Å². The van der Waals surface area contributed by atoms with Crippen LogP contribution in [0.1, 0.15) is 5.56 Å². The number of aromatic nitrogens is 1. The van der Waals surface area contributed by atoms with Crippen LogP contribution in [0.15, 0.2) is 41.5 Å². The van der Waals surface area contributed by atoms with E-state index in [0.717, 1.165) is 0 Å². The number of ether oxygens (including phenoxy) is 1. The number of hydrogen-bond acceptors (Lipinski definition) is 5. The molecule has 0 atom stereocenters. The number of para-hydroxylation sites is 1. The number of benzene rings is 1. The van der Waals surface area contributed by atoms with E-state index in [1.54, 1.807) is 24.3 Å². The number of aromatic hydroxyl groups is 2. The van der Waals surface area contributed by atoms with Crippen molar-refractivity contribution in [3.63, 3.8) is 0 Å². The van der Waals surface area contributed by atoms with Gasteiger partial charge in [0, 0.05) is 18.0 Å². The molecule has 0 amide bonds. The normalized spacial score (nSPS) is 10.7. The molecule has 1 aromatic heterocycles. The van der Waals surface area contributed by atoms with Crippen molar-refractivity contribution >= 4 is 12.0 Å². The lowest BCUT2D eigenvalue weighted by Gasteiger charge is -2.04. The first-order chi connectivity index (χ1) is 8.72. The van der Waals surface area contributed by atoms with E-state index in [0.29, 0.717) is 11.3 Å². The Bertz CT molecular complexity index is 582. The number of aliphatic imine (C=N–C) groups is 1. The van der Waals surface area contributed by atoms with Crippen molar-refractivity contribution < 1.29 is 14.9 Å². The van der Waals surface area contributed by atoms with Crippen LogP contribution in [0, 0.1) is 0 Å². The van der Waals surface area contributed by atoms with Crippen molar-refractivity contribution in [2.24, 2.45) is 4.99 Å². The number of hydrogen-bond donors (Lipinski definition) is 2. The molecule has 5 heteroatoms. The van der Waals surface area contributed by atoms with Crippen LogP contribution in [0.4, 0.5) is 5.82 Å². The third kappa shape index (κ3) is 2.40. The van der Waals surface area contributed by atoms with Crippen LogP contribution in [0.5, 0.6) is 17.2 Å². The van der Waals surface area contributed by atoms with Crippen LogP contribution in [0.2, 0.25) is 0 Å². The predicted molar refractivity (Wildman–Crippen MR) is 67.8 cm³/mol. The van der Waals surface area contributed by atoms with Gasteiger partial charge in [0.1, 0.15) is 0 Å². The average molecular weight is 244 g/mol. The molecule has 18 heavy (non-hydrogen) atoms. The summed E-state index contributed by atoms with van der Waals surface area (Å²) in [5.74, 6) is 0.541. The molecule has 5 nitrogen and oxygen atoms in total. The second-order valence-electron chi connectivity index (χ2n) is 3.50. The molecule has 0 aliphatic rings. The highest BCUT2D eigenvalue weighted by molar-refractivity contribution is 5.86. The SMILES string of the molecule is COc1cccc(/C=N/c2ncccc2O)c1O. The van der Waals surface area contributed by atoms with Gasteiger partial charge >= 0.3 is 0 Å². The molecule has 0 aliphatic carbocycles. The predicted octanol–water partition coefficient (Wildman–Crippen LogP) is 2.25. The molecular formula is C13H12N2O3. The minimum absolute atomic E-state index is 0.000768. The van der Waals surface area contributed by atoms with E-state index >= 15 is 0 Å². The van der Waals surface area contributed by atoms with E-state index in [9.17, 15) is 10.2 Å². The van der Waals surface area contributed by atoms with E-state index in [2.05, 4.69) is 9.98 Å². The molecule has 92 valence electrons. The molecule has 0 bridgehead atoms. The Morgan fingerprint density at radius 3 is 2.78 bits per heavy atom. The molecule has 0 saturated heterocycles. The average Bonchev–Trinajstić information content (AvgIpc) is 2.39. The maximum atomic E-state index is 9.84. The fourth-order valence-electron chi connectivity index (χ4n) is 1.43. The molecule has 1 heterocycles. The number of phenolic OH excluding ortho intramolecular Hbond substituents is 1. The maximum Gasteiger partial charge on any atom is 0.194 e. The topological polar surface area (TPSA) is 74.9 Å². The van der Waals surface area contributed by atoms with Gasteiger partial charge in [-0.3, -0.25) is 0 Å². The van der Waals surface area contributed by atoms with Crippen LogP contribution in [0.3, 0.4) is 0 Å². The van der Waals surface area contributed by atoms with Crippen molar-refractivity contribution in [2.75, 3.05) is 7.11 Å². The van der Waals surface area contributed by atoms with Gasteiger partial charge in [0.25, 0.3) is 0 Å². The summed E-state index contributed by atoms with van der Waals surface area (Å²) in [7, 11) is 1.47. The van der Waals surface area contributed by atoms with E-state index in [-0.39, 0.29) is 17.3 Å². The lowest BCUT2D eigenvalue weighted by molar-refractivity contribution is 0.373. The number of phenols is 1. The minimum atomic E-state index is -0.0175. The van der Waals surface area contributed by atoms with Crippen molar-refractivity contribution in [1.29, 1.82) is 0 Å². The van der Waals surface area contributed by atoms with E-state index < -0.39 is 0 Å². The molecule has 0 radical (unpaired) electrons. The van der Waals surface area contributed by atoms with Gasteiger partial charge in [-0.15, -0.1) is 0 Å². The summed E-state index contributed by atoms with van der Waals surface area (Å²) in [4.78, 5) is 7.92. The summed E-state index contributed by atoms with van der Waals surface area (Å²) in [5.41, 5.74) is 0.486. The molecule has 0 fully saturated rings. The smallest absolute Gasteiger partial charge is 0.194 e. The number of nitrogens with zero attached hydrogens (tertiary/aromatic N) is 2. The lowest BCUT2D eigenvalue weighted by atomic mass is 10.2. The lowest BCUT2D eigenvalue weighted by Crippen LogP contribution is -1.88. The Morgan fingerprint density at radius 1 is 1.22 bits per heavy atom. The quantitative estimate of drug-likeness (QED) is 0.812. The van der Waals surface area contributed by atoms with Crippen LogP contribution < -0.4 is 4.74 Å². The van der Waals surface area contributed by atoms with Gasteiger partial charge in [0.15, 0.2) is 23.1 Å². The fourth-order valence-corrected chi connectivity index (χ4v) is 1.43. The number of pyridine rings is 1. The Balaban J connectivity index is 2.32. The molecule has 0 unspecified atom stereocenters. The Labute approximate surface area is 104 Å². The first-order valence-electron chi connectivity index (χ1n) is 5.26. The van der Waals surface area contributed by atoms with Crippen molar-refractivity contribution in [1.82, 2.24) is 4.98 Å². The van der Waals surface area contributed by atoms with E-state index in [1.165, 1.54) is 25.6 Å². The summed E-state index contributed by atoms with van der Waals surface area (Å²) >= 11 is 0. The molecular weight excluding hydrogens is 232 g/mol. The van der Waals surface area contributed by atoms with Gasteiger partial charge in [-0.2, -0.15) is 0 Å². The van der Waals surface area contributed by atoms with Gasteiger partial charge in [-0.1, -0.05) is 6.07 Å². The zero-order chi connectivity index (χ0) is 13.0. The first kappa shape index (κ1) is 11.9. The zero-order valence-electron chi connectivity index (χ0n) is 9.74. The third-order valence-corrected chi connectivity index (χ3v) is 2.34. The van der Waals surface area contributed by atoms with E-state index in [1.807, 2.05) is 0 Å². The molecule has 2 aromatic rings. The molecule has 2 rings (SSSR count). The number of methoxy groups -OCH3 is 1. The monoisotopic (exact) mass is 244 g/mol. The standard InChI is InChI=1S/C13H12N2O3/c1-18-11-6-2-4-9(12(11)17)8-15-13-10(16)5-3-7-14-13/h2-8,16-17H,1H3/b15-8+. The molecule has 2 N–H and O–H groups in total. The van der Waals surface area contributed by atoms with Gasteiger partial charge < -0.3 is 14.9 Å². The number of rotatable bonds is 3. The summed E-state index contributed by atoms with van der Waals surface area (Å²) in [6, 6.07) is 8.16. The first-order valence-corrected chi connectivity index (χ1v) is 5.26. The van der Waals surface area contributed by atoms with Gasteiger partial charge in [0.05, 0.1) is 7.11 Å². The molecule has 0 saturated carbocycles. The van der Waals surface area contributed by atoms with E-state index in [4.69, 9.17) is 4.74 Å². The highest BCUT2D eigenvalue weighted by Gasteiger charge is 2.05. The summed E-state index contributed by atoms with van der Waals surface area (Å²) in [6.45, 7) is 0. The Kier molecular flexibility index (Phi) is 3.43. The molecule has 0 spiro atoms. The van der Waals surface area contributed by atoms with Gasteiger partial charge in [-0.05, 0) is 24.3 Å². The summed E-state index contributed by atoms with van der Waals surface area (Å²) < 4.78 is 4.98. The summed E-state index contributed by atoms with van der Waals surface area (Å²) in [5, 5.41) is 19.3. The highest BCUT2D eigenvalue weighted by atomic mass is 16.5. The Morgan fingerprint density at radius 2 is 2.06 bits per heavy atom. The van der Waals surface area contributed by atoms with Crippen LogP contribution in [0.25, 0.3) is 0 Å². The minimum Gasteiger partial charge on any atom is -0.504 e. The zero-order valence-corrected chi connectivity index (χ0v) is 9.74. The van der Waals surface area contributed by atoms with Crippen molar-refractivity contribution in [3.8, 4) is 17.2 Å². The van der Waals surface area contributed by atoms with Crippen molar-refractivity contribution in [3.05, 3.63) is 42.1 Å². The fraction of sp³-hybridized carbons (Fsp3) is 0.0769. The highest BCUT2D eigenvalue weighted by Crippen LogP contribution is 2.29. The maximum absolute atomic E-state index is 9.84. The second-order valence-corrected chi connectivity index (χ2v) is 3.50. The second kappa shape index (κ2) is 5.18. The van der Waals surface area contributed by atoms with Gasteiger partial charge in [0.2, 0.25) is 0 Å². The largest absolute Gasteiger partial charge is 0.504 e. The Hall–Kier alpha value is -2.56. The molecule has 1 aromatic carbocycles. The van der Waals surface area contributed by atoms with Crippen molar-refractivity contribution in [2.45, 2.75) is 0 Å².